The largest absolute Gasteiger partial charge is 0.361 e. The number of hydrogen-bond donors (Lipinski definition) is 2. The molecule has 2 N–H and O–H groups in total. The maximum Gasteiger partial charge on any atom is 0.253 e. The zero-order valence-corrected chi connectivity index (χ0v) is 16.3. The number of carbonyl (C=O) groups excluding carboxylic acids is 1. The first kappa shape index (κ1) is 18.0. The Labute approximate surface area is 163 Å². The fourth-order valence-electron chi connectivity index (χ4n) is 3.52. The summed E-state index contributed by atoms with van der Waals surface area (Å²) in [7, 11) is 0. The van der Waals surface area contributed by atoms with Crippen molar-refractivity contribution >= 4 is 16.9 Å². The van der Waals surface area contributed by atoms with E-state index in [0.717, 1.165) is 33.5 Å². The van der Waals surface area contributed by atoms with Gasteiger partial charge in [-0.1, -0.05) is 35.0 Å². The minimum absolute atomic E-state index is 0.101. The second kappa shape index (κ2) is 6.96. The molecule has 6 nitrogen and oxygen atoms in total. The van der Waals surface area contributed by atoms with Gasteiger partial charge in [0.15, 0.2) is 0 Å². The van der Waals surface area contributed by atoms with Gasteiger partial charge in [-0.3, -0.25) is 4.79 Å². The zero-order chi connectivity index (χ0) is 19.8. The number of aryl methyl sites for hydroxylation is 3. The molecule has 0 saturated heterocycles. The number of carbonyl (C=O) groups is 1. The molecule has 1 atom stereocenters. The third-order valence-electron chi connectivity index (χ3n) is 4.99. The van der Waals surface area contributed by atoms with Gasteiger partial charge in [0.1, 0.15) is 11.4 Å². The summed E-state index contributed by atoms with van der Waals surface area (Å²) in [5.74, 6) is 0.589. The van der Waals surface area contributed by atoms with Gasteiger partial charge in [0.05, 0.1) is 17.3 Å². The lowest BCUT2D eigenvalue weighted by Gasteiger charge is -2.14. The van der Waals surface area contributed by atoms with Gasteiger partial charge in [-0.2, -0.15) is 0 Å². The molecule has 4 aromatic rings. The molecule has 0 aliphatic rings. The van der Waals surface area contributed by atoms with Crippen molar-refractivity contribution in [1.82, 2.24) is 20.4 Å². The van der Waals surface area contributed by atoms with E-state index in [1.807, 2.05) is 52.0 Å². The van der Waals surface area contributed by atoms with E-state index in [1.165, 1.54) is 5.56 Å². The Hall–Kier alpha value is -3.41. The van der Waals surface area contributed by atoms with Crippen LogP contribution < -0.4 is 5.32 Å². The normalized spacial score (nSPS) is 12.3. The first-order valence-electron chi connectivity index (χ1n) is 9.22. The van der Waals surface area contributed by atoms with E-state index < -0.39 is 0 Å². The van der Waals surface area contributed by atoms with Gasteiger partial charge in [0.25, 0.3) is 5.91 Å². The van der Waals surface area contributed by atoms with E-state index in [9.17, 15) is 4.79 Å². The van der Waals surface area contributed by atoms with Crippen molar-refractivity contribution in [3.05, 3.63) is 70.9 Å². The second-order valence-electron chi connectivity index (χ2n) is 7.13. The van der Waals surface area contributed by atoms with Gasteiger partial charge in [0.2, 0.25) is 0 Å². The molecule has 1 amide bonds. The minimum atomic E-state index is -0.141. The van der Waals surface area contributed by atoms with Crippen LogP contribution in [0.25, 0.3) is 22.2 Å². The molecule has 0 aliphatic carbocycles. The van der Waals surface area contributed by atoms with Crippen LogP contribution in [-0.2, 0) is 0 Å². The number of aromatic nitrogens is 3. The highest BCUT2D eigenvalue weighted by Gasteiger charge is 2.18. The number of amides is 1. The fraction of sp³-hybridized carbons (Fsp3) is 0.227. The molecule has 0 spiro atoms. The Bertz CT molecular complexity index is 1150. The van der Waals surface area contributed by atoms with Crippen LogP contribution in [0.5, 0.6) is 0 Å². The molecule has 6 heteroatoms. The number of benzene rings is 1. The number of H-pyrrole nitrogens is 1. The van der Waals surface area contributed by atoms with Crippen molar-refractivity contribution in [2.24, 2.45) is 0 Å². The summed E-state index contributed by atoms with van der Waals surface area (Å²) >= 11 is 0. The summed E-state index contributed by atoms with van der Waals surface area (Å²) in [5, 5.41) is 7.86. The topological polar surface area (TPSA) is 83.8 Å². The molecule has 142 valence electrons. The zero-order valence-electron chi connectivity index (χ0n) is 16.3. The van der Waals surface area contributed by atoms with E-state index in [2.05, 4.69) is 26.5 Å². The number of fused-ring (bicyclic) bond motifs is 1. The summed E-state index contributed by atoms with van der Waals surface area (Å²) in [6.07, 6.45) is 3.47. The van der Waals surface area contributed by atoms with Crippen LogP contribution in [0, 0.1) is 20.8 Å². The Morgan fingerprint density at radius 1 is 1.21 bits per heavy atom. The Kier molecular flexibility index (Phi) is 4.47. The average Bonchev–Trinajstić information content (AvgIpc) is 3.24. The monoisotopic (exact) mass is 374 g/mol. The van der Waals surface area contributed by atoms with Crippen LogP contribution in [0.2, 0.25) is 0 Å². The lowest BCUT2D eigenvalue weighted by Crippen LogP contribution is -2.26. The average molecular weight is 374 g/mol. The predicted molar refractivity (Wildman–Crippen MR) is 108 cm³/mol. The van der Waals surface area contributed by atoms with Gasteiger partial charge in [-0.05, 0) is 39.3 Å². The van der Waals surface area contributed by atoms with Crippen molar-refractivity contribution in [3.63, 3.8) is 0 Å². The van der Waals surface area contributed by atoms with E-state index >= 15 is 0 Å². The highest BCUT2D eigenvalue weighted by atomic mass is 16.5. The Morgan fingerprint density at radius 3 is 2.75 bits per heavy atom. The highest BCUT2D eigenvalue weighted by Crippen LogP contribution is 2.29. The molecule has 0 saturated carbocycles. The maximum atomic E-state index is 12.9. The van der Waals surface area contributed by atoms with Crippen molar-refractivity contribution in [3.8, 4) is 11.1 Å². The van der Waals surface area contributed by atoms with E-state index in [1.54, 1.807) is 12.4 Å². The molecule has 3 heterocycles. The Balaban J connectivity index is 1.67. The number of nitrogens with one attached hydrogen (secondary N) is 2. The SMILES string of the molecule is Cc1cccc([C@H](C)NC(=O)c2c[nH]c3ncc(-c4c(C)noc4C)cc23)c1. The van der Waals surface area contributed by atoms with Crippen molar-refractivity contribution in [2.75, 3.05) is 0 Å². The van der Waals surface area contributed by atoms with Gasteiger partial charge >= 0.3 is 0 Å². The summed E-state index contributed by atoms with van der Waals surface area (Å²) in [6.45, 7) is 7.78. The summed E-state index contributed by atoms with van der Waals surface area (Å²) in [4.78, 5) is 20.5. The number of pyridine rings is 1. The van der Waals surface area contributed by atoms with Crippen molar-refractivity contribution in [1.29, 1.82) is 0 Å². The third kappa shape index (κ3) is 3.17. The Morgan fingerprint density at radius 2 is 2.04 bits per heavy atom. The smallest absolute Gasteiger partial charge is 0.253 e. The van der Waals surface area contributed by atoms with Crippen molar-refractivity contribution in [2.45, 2.75) is 33.7 Å². The van der Waals surface area contributed by atoms with Crippen LogP contribution in [0.15, 0.2) is 47.2 Å². The summed E-state index contributed by atoms with van der Waals surface area (Å²) in [5.41, 5.74) is 6.06. The second-order valence-corrected chi connectivity index (χ2v) is 7.13. The quantitative estimate of drug-likeness (QED) is 0.545. The van der Waals surface area contributed by atoms with Gasteiger partial charge in [-0.15, -0.1) is 0 Å². The molecule has 1 aromatic carbocycles. The van der Waals surface area contributed by atoms with E-state index in [0.29, 0.717) is 11.2 Å². The van der Waals surface area contributed by atoms with Crippen molar-refractivity contribution < 1.29 is 9.32 Å². The molecule has 3 aromatic heterocycles. The van der Waals surface area contributed by atoms with E-state index in [4.69, 9.17) is 4.52 Å². The summed E-state index contributed by atoms with van der Waals surface area (Å²) < 4.78 is 5.27. The van der Waals surface area contributed by atoms with Gasteiger partial charge in [-0.25, -0.2) is 4.98 Å². The lowest BCUT2D eigenvalue weighted by atomic mass is 10.0. The van der Waals surface area contributed by atoms with Crippen LogP contribution in [0.4, 0.5) is 0 Å². The first-order chi connectivity index (χ1) is 13.4. The number of hydrogen-bond acceptors (Lipinski definition) is 4. The standard InChI is InChI=1S/C22H22N4O2/c1-12-6-5-7-16(8-12)13(2)25-22(27)19-11-24-21-18(19)9-17(10-23-21)20-14(3)26-28-15(20)4/h5-11,13H,1-4H3,(H,23,24)(H,25,27)/t13-/m0/s1. The number of nitrogens with zero attached hydrogens (tertiary/aromatic N) is 2. The third-order valence-corrected chi connectivity index (χ3v) is 4.99. The molecule has 0 unspecified atom stereocenters. The fourth-order valence-corrected chi connectivity index (χ4v) is 3.52. The maximum absolute atomic E-state index is 12.9. The lowest BCUT2D eigenvalue weighted by molar-refractivity contribution is 0.0941. The first-order valence-corrected chi connectivity index (χ1v) is 9.22. The van der Waals surface area contributed by atoms with Crippen LogP contribution in [-0.4, -0.2) is 21.0 Å². The van der Waals surface area contributed by atoms with Gasteiger partial charge < -0.3 is 14.8 Å². The highest BCUT2D eigenvalue weighted by molar-refractivity contribution is 6.06. The minimum Gasteiger partial charge on any atom is -0.361 e. The predicted octanol–water partition coefficient (Wildman–Crippen LogP) is 4.63. The molecule has 28 heavy (non-hydrogen) atoms. The molecule has 0 bridgehead atoms. The molecule has 0 aliphatic heterocycles. The van der Waals surface area contributed by atoms with Gasteiger partial charge in [0, 0.05) is 28.9 Å². The molecular formula is C22H22N4O2. The summed E-state index contributed by atoms with van der Waals surface area (Å²) in [6, 6.07) is 9.99. The van der Waals surface area contributed by atoms with Crippen LogP contribution in [0.3, 0.4) is 0 Å². The number of rotatable bonds is 4. The molecule has 0 radical (unpaired) electrons. The molecule has 4 rings (SSSR count). The van der Waals surface area contributed by atoms with E-state index in [-0.39, 0.29) is 11.9 Å². The molecule has 0 fully saturated rings. The molecular weight excluding hydrogens is 352 g/mol. The number of aromatic amines is 1. The van der Waals surface area contributed by atoms with Crippen LogP contribution in [0.1, 0.15) is 45.9 Å². The van der Waals surface area contributed by atoms with Crippen LogP contribution >= 0.6 is 0 Å².